The van der Waals surface area contributed by atoms with Crippen LogP contribution in [0.3, 0.4) is 0 Å². The van der Waals surface area contributed by atoms with Gasteiger partial charge in [-0.2, -0.15) is 8.78 Å². The predicted octanol–water partition coefficient (Wildman–Crippen LogP) is 2.66. The molecule has 1 aromatic heterocycles. The Labute approximate surface area is 116 Å². The van der Waals surface area contributed by atoms with Crippen LogP contribution in [0.15, 0.2) is 43.0 Å². The van der Waals surface area contributed by atoms with Crippen molar-refractivity contribution in [2.45, 2.75) is 32.7 Å². The summed E-state index contributed by atoms with van der Waals surface area (Å²) < 4.78 is 31.0. The van der Waals surface area contributed by atoms with Crippen molar-refractivity contribution in [1.82, 2.24) is 14.9 Å². The van der Waals surface area contributed by atoms with Gasteiger partial charge in [-0.25, -0.2) is 4.98 Å². The van der Waals surface area contributed by atoms with Crippen LogP contribution in [0.1, 0.15) is 12.5 Å². The van der Waals surface area contributed by atoms with Gasteiger partial charge in [0.15, 0.2) is 0 Å². The molecule has 20 heavy (non-hydrogen) atoms. The number of imidazole rings is 1. The topological polar surface area (TPSA) is 39.1 Å². The van der Waals surface area contributed by atoms with Crippen molar-refractivity contribution < 1.29 is 13.5 Å². The number of para-hydroxylation sites is 1. The highest BCUT2D eigenvalue weighted by atomic mass is 19.3. The van der Waals surface area contributed by atoms with Gasteiger partial charge in [-0.15, -0.1) is 0 Å². The van der Waals surface area contributed by atoms with Crippen molar-refractivity contribution in [3.05, 3.63) is 48.5 Å². The summed E-state index contributed by atoms with van der Waals surface area (Å²) in [5.41, 5.74) is 0.713. The van der Waals surface area contributed by atoms with Crippen LogP contribution in [-0.4, -0.2) is 22.2 Å². The molecule has 2 rings (SSSR count). The lowest BCUT2D eigenvalue weighted by atomic mass is 10.2. The van der Waals surface area contributed by atoms with Crippen LogP contribution in [0.25, 0.3) is 0 Å². The van der Waals surface area contributed by atoms with Crippen LogP contribution in [0.2, 0.25) is 0 Å². The highest BCUT2D eigenvalue weighted by Gasteiger charge is 2.10. The molecule has 0 saturated carbocycles. The molecule has 0 radical (unpaired) electrons. The molecule has 1 aromatic carbocycles. The van der Waals surface area contributed by atoms with Gasteiger partial charge in [-0.3, -0.25) is 0 Å². The first-order chi connectivity index (χ1) is 9.65. The zero-order valence-electron chi connectivity index (χ0n) is 11.2. The molecular formula is C14H17F2N3O. The average molecular weight is 281 g/mol. The average Bonchev–Trinajstić information content (AvgIpc) is 2.90. The summed E-state index contributed by atoms with van der Waals surface area (Å²) in [7, 11) is 0. The zero-order valence-corrected chi connectivity index (χ0v) is 11.2. The SMILES string of the molecule is CC(Cn1ccnc1)NCc1ccccc1OC(F)F. The fourth-order valence-electron chi connectivity index (χ4n) is 1.92. The van der Waals surface area contributed by atoms with E-state index in [4.69, 9.17) is 0 Å². The Kier molecular flexibility index (Phi) is 5.06. The molecule has 2 aromatic rings. The summed E-state index contributed by atoms with van der Waals surface area (Å²) >= 11 is 0. The Morgan fingerprint density at radius 3 is 2.85 bits per heavy atom. The first-order valence-electron chi connectivity index (χ1n) is 6.37. The number of benzene rings is 1. The third-order valence-corrected chi connectivity index (χ3v) is 2.87. The van der Waals surface area contributed by atoms with Crippen molar-refractivity contribution in [2.75, 3.05) is 0 Å². The Morgan fingerprint density at radius 1 is 1.35 bits per heavy atom. The van der Waals surface area contributed by atoms with Crippen molar-refractivity contribution in [1.29, 1.82) is 0 Å². The molecule has 0 fully saturated rings. The van der Waals surface area contributed by atoms with Gasteiger partial charge >= 0.3 is 6.61 Å². The van der Waals surface area contributed by atoms with E-state index in [1.807, 2.05) is 17.7 Å². The summed E-state index contributed by atoms with van der Waals surface area (Å²) in [6.45, 7) is 0.451. The minimum Gasteiger partial charge on any atom is -0.434 e. The van der Waals surface area contributed by atoms with Crippen LogP contribution in [0, 0.1) is 0 Å². The normalized spacial score (nSPS) is 12.6. The maximum absolute atomic E-state index is 12.3. The van der Waals surface area contributed by atoms with E-state index < -0.39 is 6.61 Å². The van der Waals surface area contributed by atoms with Crippen LogP contribution >= 0.6 is 0 Å². The number of nitrogens with one attached hydrogen (secondary N) is 1. The summed E-state index contributed by atoms with van der Waals surface area (Å²) in [6, 6.07) is 6.98. The molecule has 6 heteroatoms. The molecule has 1 atom stereocenters. The molecule has 0 bridgehead atoms. The van der Waals surface area contributed by atoms with E-state index in [-0.39, 0.29) is 11.8 Å². The quantitative estimate of drug-likeness (QED) is 0.848. The van der Waals surface area contributed by atoms with Gasteiger partial charge in [-0.05, 0) is 13.0 Å². The molecule has 0 spiro atoms. The standard InChI is InChI=1S/C14H17F2N3O/c1-11(9-19-7-6-17-10-19)18-8-12-4-2-3-5-13(12)20-14(15)16/h2-7,10-11,14,18H,8-9H2,1H3. The molecule has 1 N–H and O–H groups in total. The smallest absolute Gasteiger partial charge is 0.387 e. The number of hydrogen-bond acceptors (Lipinski definition) is 3. The number of halogens is 2. The zero-order chi connectivity index (χ0) is 14.4. The van der Waals surface area contributed by atoms with E-state index >= 15 is 0 Å². The van der Waals surface area contributed by atoms with Gasteiger partial charge in [0.1, 0.15) is 5.75 Å². The number of hydrogen-bond donors (Lipinski definition) is 1. The van der Waals surface area contributed by atoms with Crippen molar-refractivity contribution in [2.24, 2.45) is 0 Å². The summed E-state index contributed by atoms with van der Waals surface area (Å²) in [4.78, 5) is 3.97. The number of alkyl halides is 2. The van der Waals surface area contributed by atoms with E-state index in [9.17, 15) is 8.78 Å². The van der Waals surface area contributed by atoms with Crippen molar-refractivity contribution in [3.8, 4) is 5.75 Å². The summed E-state index contributed by atoms with van der Waals surface area (Å²) in [5.74, 6) is 0.213. The van der Waals surface area contributed by atoms with Crippen molar-refractivity contribution in [3.63, 3.8) is 0 Å². The molecule has 0 amide bonds. The Hall–Kier alpha value is -1.95. The highest BCUT2D eigenvalue weighted by molar-refractivity contribution is 5.33. The molecular weight excluding hydrogens is 264 g/mol. The van der Waals surface area contributed by atoms with Gasteiger partial charge < -0.3 is 14.6 Å². The van der Waals surface area contributed by atoms with E-state index in [1.54, 1.807) is 36.8 Å². The molecule has 0 aliphatic carbocycles. The number of ether oxygens (including phenoxy) is 1. The molecule has 1 unspecified atom stereocenters. The second-order valence-electron chi connectivity index (χ2n) is 4.53. The lowest BCUT2D eigenvalue weighted by Crippen LogP contribution is -2.29. The first-order valence-corrected chi connectivity index (χ1v) is 6.37. The van der Waals surface area contributed by atoms with Crippen LogP contribution in [0.4, 0.5) is 8.78 Å². The van der Waals surface area contributed by atoms with E-state index in [0.29, 0.717) is 12.1 Å². The summed E-state index contributed by atoms with van der Waals surface area (Å²) in [6.07, 6.45) is 5.34. The second kappa shape index (κ2) is 7.00. The predicted molar refractivity (Wildman–Crippen MR) is 71.6 cm³/mol. The van der Waals surface area contributed by atoms with Gasteiger partial charge in [-0.1, -0.05) is 18.2 Å². The third-order valence-electron chi connectivity index (χ3n) is 2.87. The Morgan fingerprint density at radius 2 is 2.15 bits per heavy atom. The monoisotopic (exact) mass is 281 g/mol. The lowest BCUT2D eigenvalue weighted by molar-refractivity contribution is -0.0505. The molecule has 0 aliphatic rings. The van der Waals surface area contributed by atoms with E-state index in [1.165, 1.54) is 0 Å². The second-order valence-corrected chi connectivity index (χ2v) is 4.53. The molecule has 108 valence electrons. The maximum atomic E-state index is 12.3. The fraction of sp³-hybridized carbons (Fsp3) is 0.357. The first kappa shape index (κ1) is 14.5. The molecule has 1 heterocycles. The molecule has 4 nitrogen and oxygen atoms in total. The van der Waals surface area contributed by atoms with Gasteiger partial charge in [0.2, 0.25) is 0 Å². The van der Waals surface area contributed by atoms with Crippen molar-refractivity contribution >= 4 is 0 Å². The number of nitrogens with zero attached hydrogens (tertiary/aromatic N) is 2. The van der Waals surface area contributed by atoms with Gasteiger partial charge in [0.05, 0.1) is 6.33 Å². The van der Waals surface area contributed by atoms with Gasteiger partial charge in [0, 0.05) is 37.1 Å². The van der Waals surface area contributed by atoms with E-state index in [0.717, 1.165) is 6.54 Å². The van der Waals surface area contributed by atoms with E-state index in [2.05, 4.69) is 15.0 Å². The summed E-state index contributed by atoms with van der Waals surface area (Å²) in [5, 5.41) is 3.28. The number of aromatic nitrogens is 2. The third kappa shape index (κ3) is 4.31. The number of rotatable bonds is 7. The van der Waals surface area contributed by atoms with Crippen LogP contribution in [-0.2, 0) is 13.1 Å². The molecule has 0 aliphatic heterocycles. The minimum atomic E-state index is -2.81. The minimum absolute atomic E-state index is 0.184. The highest BCUT2D eigenvalue weighted by Crippen LogP contribution is 2.20. The largest absolute Gasteiger partial charge is 0.434 e. The Balaban J connectivity index is 1.90. The Bertz CT molecular complexity index is 517. The van der Waals surface area contributed by atoms with Crippen LogP contribution in [0.5, 0.6) is 5.75 Å². The van der Waals surface area contributed by atoms with Crippen LogP contribution < -0.4 is 10.1 Å². The lowest BCUT2D eigenvalue weighted by Gasteiger charge is -2.16. The molecule has 0 saturated heterocycles. The van der Waals surface area contributed by atoms with Gasteiger partial charge in [0.25, 0.3) is 0 Å². The fourth-order valence-corrected chi connectivity index (χ4v) is 1.92. The maximum Gasteiger partial charge on any atom is 0.387 e.